The Kier molecular flexibility index (Phi) is 14.8. The van der Waals surface area contributed by atoms with E-state index >= 15 is 0 Å². The van der Waals surface area contributed by atoms with Crippen LogP contribution in [0, 0.1) is 11.3 Å². The van der Waals surface area contributed by atoms with Crippen molar-refractivity contribution in [2.45, 2.75) is 52.6 Å². The molecule has 0 aromatic rings. The first-order chi connectivity index (χ1) is 12.0. The molecule has 1 rings (SSSR count). The van der Waals surface area contributed by atoms with E-state index in [2.05, 4.69) is 36.4 Å². The first-order valence-electron chi connectivity index (χ1n) is 9.62. The molecule has 0 amide bonds. The van der Waals surface area contributed by atoms with Crippen LogP contribution in [-0.4, -0.2) is 65.7 Å². The van der Waals surface area contributed by atoms with E-state index in [1.165, 1.54) is 6.42 Å². The lowest BCUT2D eigenvalue weighted by atomic mass is 9.78. The fourth-order valence-corrected chi connectivity index (χ4v) is 3.24. The maximum Gasteiger partial charge on any atom is 0.190 e. The second-order valence-electron chi connectivity index (χ2n) is 7.75. The molecule has 1 aliphatic rings. The van der Waals surface area contributed by atoms with E-state index in [-0.39, 0.29) is 29.4 Å². The minimum absolute atomic E-state index is 0. The van der Waals surface area contributed by atoms with Gasteiger partial charge in [0, 0.05) is 46.4 Å². The predicted octanol–water partition coefficient (Wildman–Crippen LogP) is 3.05. The normalized spacial score (nSPS) is 21.2. The molecule has 0 aromatic heterocycles. The van der Waals surface area contributed by atoms with Gasteiger partial charge in [0.1, 0.15) is 0 Å². The van der Waals surface area contributed by atoms with Crippen molar-refractivity contribution < 1.29 is 14.2 Å². The maximum absolute atomic E-state index is 6.05. The average Bonchev–Trinajstić information content (AvgIpc) is 2.59. The van der Waals surface area contributed by atoms with Gasteiger partial charge in [0.25, 0.3) is 0 Å². The molecule has 26 heavy (non-hydrogen) atoms. The Morgan fingerprint density at radius 2 is 1.92 bits per heavy atom. The molecule has 1 heterocycles. The van der Waals surface area contributed by atoms with Crippen LogP contribution in [0.1, 0.15) is 46.5 Å². The van der Waals surface area contributed by atoms with Gasteiger partial charge in [0.05, 0.1) is 19.3 Å². The van der Waals surface area contributed by atoms with Crippen LogP contribution in [0.5, 0.6) is 0 Å². The van der Waals surface area contributed by atoms with E-state index in [4.69, 9.17) is 14.2 Å². The molecule has 0 aliphatic carbocycles. The number of rotatable bonds is 10. The first-order valence-corrected chi connectivity index (χ1v) is 9.62. The number of nitrogens with one attached hydrogen (secondary N) is 2. The maximum atomic E-state index is 6.05. The van der Waals surface area contributed by atoms with E-state index in [1.54, 1.807) is 7.11 Å². The molecule has 0 bridgehead atoms. The van der Waals surface area contributed by atoms with Crippen LogP contribution in [0.25, 0.3) is 0 Å². The molecular weight excluding hydrogens is 445 g/mol. The summed E-state index contributed by atoms with van der Waals surface area (Å²) in [5.74, 6) is 1.40. The van der Waals surface area contributed by atoms with Gasteiger partial charge in [-0.15, -0.1) is 24.0 Å². The Labute approximate surface area is 177 Å². The molecule has 2 N–H and O–H groups in total. The van der Waals surface area contributed by atoms with Crippen LogP contribution in [0.4, 0.5) is 0 Å². The Balaban J connectivity index is 0.00000625. The molecule has 0 aromatic carbocycles. The van der Waals surface area contributed by atoms with Crippen LogP contribution >= 0.6 is 24.0 Å². The second kappa shape index (κ2) is 14.9. The van der Waals surface area contributed by atoms with Crippen LogP contribution in [0.3, 0.4) is 0 Å². The zero-order valence-corrected chi connectivity index (χ0v) is 19.6. The molecule has 0 spiro atoms. The third-order valence-electron chi connectivity index (χ3n) is 4.49. The van der Waals surface area contributed by atoms with Crippen molar-refractivity contribution in [1.29, 1.82) is 0 Å². The smallest absolute Gasteiger partial charge is 0.190 e. The Hall–Kier alpha value is -0.120. The highest BCUT2D eigenvalue weighted by Crippen LogP contribution is 2.33. The molecule has 1 saturated heterocycles. The van der Waals surface area contributed by atoms with Crippen molar-refractivity contribution in [3.05, 3.63) is 0 Å². The summed E-state index contributed by atoms with van der Waals surface area (Å²) in [6.07, 6.45) is 4.76. The molecule has 2 atom stereocenters. The number of aliphatic imine (C=N–C) groups is 1. The Morgan fingerprint density at radius 3 is 2.58 bits per heavy atom. The summed E-state index contributed by atoms with van der Waals surface area (Å²) in [4.78, 5) is 4.32. The SMILES string of the molecule is CN=C(NCCCCOCCOC)NCC1CCCOC1C(C)(C)C.I. The highest BCUT2D eigenvalue weighted by Gasteiger charge is 2.35. The molecule has 7 heteroatoms. The summed E-state index contributed by atoms with van der Waals surface area (Å²) >= 11 is 0. The fraction of sp³-hybridized carbons (Fsp3) is 0.947. The van der Waals surface area contributed by atoms with Crippen molar-refractivity contribution in [1.82, 2.24) is 10.6 Å². The topological polar surface area (TPSA) is 64.1 Å². The summed E-state index contributed by atoms with van der Waals surface area (Å²) < 4.78 is 16.5. The van der Waals surface area contributed by atoms with Crippen LogP contribution in [-0.2, 0) is 14.2 Å². The monoisotopic (exact) mass is 485 g/mol. The van der Waals surface area contributed by atoms with Crippen molar-refractivity contribution in [3.63, 3.8) is 0 Å². The lowest BCUT2D eigenvalue weighted by Gasteiger charge is -2.40. The summed E-state index contributed by atoms with van der Waals surface area (Å²) in [5.41, 5.74) is 0.173. The number of ether oxygens (including phenoxy) is 3. The molecular formula is C19H40IN3O3. The van der Waals surface area contributed by atoms with E-state index in [0.717, 1.165) is 51.5 Å². The molecule has 1 fully saturated rings. The van der Waals surface area contributed by atoms with Gasteiger partial charge in [0.2, 0.25) is 0 Å². The summed E-state index contributed by atoms with van der Waals surface area (Å²) in [5, 5.41) is 6.85. The van der Waals surface area contributed by atoms with Crippen molar-refractivity contribution in [2.24, 2.45) is 16.3 Å². The van der Waals surface area contributed by atoms with Gasteiger partial charge < -0.3 is 24.8 Å². The van der Waals surface area contributed by atoms with Gasteiger partial charge in [-0.2, -0.15) is 0 Å². The zero-order chi connectivity index (χ0) is 18.5. The molecule has 156 valence electrons. The number of hydrogen-bond donors (Lipinski definition) is 2. The minimum atomic E-state index is 0. The highest BCUT2D eigenvalue weighted by atomic mass is 127. The van der Waals surface area contributed by atoms with Crippen LogP contribution in [0.15, 0.2) is 4.99 Å². The van der Waals surface area contributed by atoms with Crippen molar-refractivity contribution in [2.75, 3.05) is 53.7 Å². The van der Waals surface area contributed by atoms with Crippen LogP contribution in [0.2, 0.25) is 0 Å². The lowest BCUT2D eigenvalue weighted by molar-refractivity contribution is -0.0835. The average molecular weight is 485 g/mol. The quantitative estimate of drug-likeness (QED) is 0.216. The molecule has 0 radical (unpaired) electrons. The number of unbranched alkanes of at least 4 members (excludes halogenated alkanes) is 1. The Bertz CT molecular complexity index is 376. The molecule has 0 saturated carbocycles. The number of nitrogens with zero attached hydrogens (tertiary/aromatic N) is 1. The fourth-order valence-electron chi connectivity index (χ4n) is 3.24. The number of methoxy groups -OCH3 is 1. The number of hydrogen-bond acceptors (Lipinski definition) is 4. The largest absolute Gasteiger partial charge is 0.382 e. The lowest BCUT2D eigenvalue weighted by Crippen LogP contribution is -2.47. The molecule has 6 nitrogen and oxygen atoms in total. The van der Waals surface area contributed by atoms with Gasteiger partial charge >= 0.3 is 0 Å². The van der Waals surface area contributed by atoms with E-state index < -0.39 is 0 Å². The Morgan fingerprint density at radius 1 is 1.15 bits per heavy atom. The van der Waals surface area contributed by atoms with E-state index in [1.807, 2.05) is 7.05 Å². The third kappa shape index (κ3) is 10.9. The van der Waals surface area contributed by atoms with Gasteiger partial charge in [0.15, 0.2) is 5.96 Å². The number of halogens is 1. The molecule has 2 unspecified atom stereocenters. The summed E-state index contributed by atoms with van der Waals surface area (Å²) in [6, 6.07) is 0. The van der Waals surface area contributed by atoms with Crippen molar-refractivity contribution >= 4 is 29.9 Å². The zero-order valence-electron chi connectivity index (χ0n) is 17.3. The third-order valence-corrected chi connectivity index (χ3v) is 4.49. The minimum Gasteiger partial charge on any atom is -0.382 e. The standard InChI is InChI=1S/C19H39N3O3.HI/c1-19(2,3)17-16(9-8-12-25-17)15-22-18(20-4)21-10-6-7-11-24-14-13-23-5;/h16-17H,6-15H2,1-5H3,(H2,20,21,22);1H. The number of guanidine groups is 1. The van der Waals surface area contributed by atoms with Gasteiger partial charge in [-0.05, 0) is 31.1 Å². The van der Waals surface area contributed by atoms with E-state index in [9.17, 15) is 0 Å². The molecule has 1 aliphatic heterocycles. The second-order valence-corrected chi connectivity index (χ2v) is 7.75. The van der Waals surface area contributed by atoms with Gasteiger partial charge in [-0.25, -0.2) is 0 Å². The highest BCUT2D eigenvalue weighted by molar-refractivity contribution is 14.0. The van der Waals surface area contributed by atoms with Gasteiger partial charge in [-0.1, -0.05) is 20.8 Å². The summed E-state index contributed by atoms with van der Waals surface area (Å²) in [7, 11) is 3.51. The van der Waals surface area contributed by atoms with Crippen LogP contribution < -0.4 is 10.6 Å². The summed E-state index contributed by atoms with van der Waals surface area (Å²) in [6.45, 7) is 11.6. The predicted molar refractivity (Wildman–Crippen MR) is 119 cm³/mol. The first kappa shape index (κ1) is 25.9. The van der Waals surface area contributed by atoms with E-state index in [0.29, 0.717) is 25.2 Å². The van der Waals surface area contributed by atoms with Crippen molar-refractivity contribution in [3.8, 4) is 0 Å². The van der Waals surface area contributed by atoms with Gasteiger partial charge in [-0.3, -0.25) is 4.99 Å².